The summed E-state index contributed by atoms with van der Waals surface area (Å²) in [7, 11) is -3.91. The van der Waals surface area contributed by atoms with Crippen molar-refractivity contribution in [1.29, 1.82) is 0 Å². The lowest BCUT2D eigenvalue weighted by molar-refractivity contribution is 0.595. The third kappa shape index (κ3) is 3.01. The van der Waals surface area contributed by atoms with Crippen molar-refractivity contribution >= 4 is 32.0 Å². The predicted octanol–water partition coefficient (Wildman–Crippen LogP) is 4.00. The molecule has 0 aliphatic heterocycles. The number of hydrogen-bond donors (Lipinski definition) is 1. The van der Waals surface area contributed by atoms with Gasteiger partial charge < -0.3 is 0 Å². The molecule has 4 aromatic rings. The Labute approximate surface area is 147 Å². The molecule has 1 N–H and O–H groups in total. The normalized spacial score (nSPS) is 11.7. The molecule has 8 heteroatoms. The number of para-hydroxylation sites is 1. The molecule has 0 radical (unpaired) electrons. The maximum absolute atomic E-state index is 13.4. The number of aromatic nitrogens is 2. The zero-order valence-corrected chi connectivity index (χ0v) is 14.4. The standard InChI is InChI=1S/C17H12FN3O2S2/c18-12-4-3-5-13(10-12)25(22,23)20-15-7-2-1-6-14(15)16-11-21-8-9-24-17(21)19-16/h1-11,20H. The highest BCUT2D eigenvalue weighted by atomic mass is 32.2. The molecular formula is C17H12FN3O2S2. The van der Waals surface area contributed by atoms with Crippen LogP contribution in [0.25, 0.3) is 16.2 Å². The Bertz CT molecular complexity index is 1140. The van der Waals surface area contributed by atoms with Crippen molar-refractivity contribution in [2.24, 2.45) is 0 Å². The molecule has 0 bridgehead atoms. The van der Waals surface area contributed by atoms with E-state index in [4.69, 9.17) is 0 Å². The minimum atomic E-state index is -3.91. The first-order chi connectivity index (χ1) is 12.0. The van der Waals surface area contributed by atoms with E-state index in [9.17, 15) is 12.8 Å². The lowest BCUT2D eigenvalue weighted by Gasteiger charge is -2.11. The molecule has 0 unspecified atom stereocenters. The van der Waals surface area contributed by atoms with Crippen LogP contribution in [0.1, 0.15) is 0 Å². The van der Waals surface area contributed by atoms with E-state index < -0.39 is 15.8 Å². The number of benzene rings is 2. The Morgan fingerprint density at radius 2 is 1.96 bits per heavy atom. The van der Waals surface area contributed by atoms with Crippen molar-refractivity contribution in [3.63, 3.8) is 0 Å². The first-order valence-corrected chi connectivity index (χ1v) is 9.69. The summed E-state index contributed by atoms with van der Waals surface area (Å²) in [5, 5.41) is 1.92. The number of halogens is 1. The zero-order chi connectivity index (χ0) is 17.4. The van der Waals surface area contributed by atoms with E-state index in [0.717, 1.165) is 11.0 Å². The second-order valence-electron chi connectivity index (χ2n) is 5.33. The fraction of sp³-hybridized carbons (Fsp3) is 0. The number of hydrogen-bond acceptors (Lipinski definition) is 4. The van der Waals surface area contributed by atoms with Crippen molar-refractivity contribution in [2.45, 2.75) is 4.90 Å². The van der Waals surface area contributed by atoms with E-state index >= 15 is 0 Å². The molecule has 126 valence electrons. The minimum absolute atomic E-state index is 0.131. The van der Waals surface area contributed by atoms with Crippen LogP contribution in [0.4, 0.5) is 10.1 Å². The number of fused-ring (bicyclic) bond motifs is 1. The molecule has 0 saturated heterocycles. The van der Waals surface area contributed by atoms with Gasteiger partial charge in [0.1, 0.15) is 5.82 Å². The third-order valence-corrected chi connectivity index (χ3v) is 5.78. The number of rotatable bonds is 4. The second-order valence-corrected chi connectivity index (χ2v) is 7.88. The summed E-state index contributed by atoms with van der Waals surface area (Å²) < 4.78 is 42.9. The molecule has 0 saturated carbocycles. The highest BCUT2D eigenvalue weighted by molar-refractivity contribution is 7.92. The van der Waals surface area contributed by atoms with Gasteiger partial charge in [0.25, 0.3) is 10.0 Å². The van der Waals surface area contributed by atoms with Crippen LogP contribution in [0.3, 0.4) is 0 Å². The van der Waals surface area contributed by atoms with Crippen LogP contribution in [-0.2, 0) is 10.0 Å². The zero-order valence-electron chi connectivity index (χ0n) is 12.8. The third-order valence-electron chi connectivity index (χ3n) is 3.65. The molecule has 0 fully saturated rings. The molecule has 2 aromatic heterocycles. The SMILES string of the molecule is O=S(=O)(Nc1ccccc1-c1cn2ccsc2n1)c1cccc(F)c1. The van der Waals surface area contributed by atoms with Gasteiger partial charge in [0.15, 0.2) is 4.96 Å². The second kappa shape index (κ2) is 5.98. The molecule has 25 heavy (non-hydrogen) atoms. The van der Waals surface area contributed by atoms with Gasteiger partial charge in [-0.25, -0.2) is 17.8 Å². The fourth-order valence-electron chi connectivity index (χ4n) is 2.49. The van der Waals surface area contributed by atoms with Gasteiger partial charge in [-0.15, -0.1) is 11.3 Å². The summed E-state index contributed by atoms with van der Waals surface area (Å²) in [5.74, 6) is -0.606. The molecule has 0 aliphatic carbocycles. The number of imidazole rings is 1. The smallest absolute Gasteiger partial charge is 0.262 e. The van der Waals surface area contributed by atoms with Gasteiger partial charge in [0, 0.05) is 23.3 Å². The van der Waals surface area contributed by atoms with Crippen molar-refractivity contribution in [1.82, 2.24) is 9.38 Å². The molecule has 5 nitrogen and oxygen atoms in total. The van der Waals surface area contributed by atoms with Crippen LogP contribution in [-0.4, -0.2) is 17.8 Å². The summed E-state index contributed by atoms with van der Waals surface area (Å²) in [6.07, 6.45) is 3.72. The Kier molecular flexibility index (Phi) is 3.78. The van der Waals surface area contributed by atoms with Crippen LogP contribution < -0.4 is 4.72 Å². The van der Waals surface area contributed by atoms with E-state index in [2.05, 4.69) is 9.71 Å². The molecule has 4 rings (SSSR count). The first kappa shape index (κ1) is 15.8. The van der Waals surface area contributed by atoms with Gasteiger partial charge in [-0.05, 0) is 24.3 Å². The van der Waals surface area contributed by atoms with Crippen LogP contribution in [0, 0.1) is 5.82 Å². The molecular weight excluding hydrogens is 361 g/mol. The number of sulfonamides is 1. The largest absolute Gasteiger partial charge is 0.297 e. The molecule has 0 aliphatic rings. The van der Waals surface area contributed by atoms with Gasteiger partial charge in [-0.2, -0.15) is 0 Å². The monoisotopic (exact) mass is 373 g/mol. The number of nitrogens with zero attached hydrogens (tertiary/aromatic N) is 2. The summed E-state index contributed by atoms with van der Waals surface area (Å²) in [4.78, 5) is 5.19. The minimum Gasteiger partial charge on any atom is -0.297 e. The van der Waals surface area contributed by atoms with E-state index in [-0.39, 0.29) is 4.90 Å². The quantitative estimate of drug-likeness (QED) is 0.588. The number of nitrogens with one attached hydrogen (secondary N) is 1. The van der Waals surface area contributed by atoms with Crippen LogP contribution in [0.2, 0.25) is 0 Å². The summed E-state index contributed by atoms with van der Waals surface area (Å²) in [6.45, 7) is 0. The van der Waals surface area contributed by atoms with Gasteiger partial charge in [-0.3, -0.25) is 9.12 Å². The van der Waals surface area contributed by atoms with Gasteiger partial charge >= 0.3 is 0 Å². The number of thiazole rings is 1. The summed E-state index contributed by atoms with van der Waals surface area (Å²) >= 11 is 1.49. The average Bonchev–Trinajstić information content (AvgIpc) is 3.17. The van der Waals surface area contributed by atoms with Crippen LogP contribution >= 0.6 is 11.3 Å². The maximum Gasteiger partial charge on any atom is 0.262 e. The van der Waals surface area contributed by atoms with Crippen molar-refractivity contribution in [2.75, 3.05) is 4.72 Å². The lowest BCUT2D eigenvalue weighted by atomic mass is 10.1. The van der Waals surface area contributed by atoms with Gasteiger partial charge in [0.2, 0.25) is 0 Å². The molecule has 2 heterocycles. The van der Waals surface area contributed by atoms with E-state index in [1.807, 2.05) is 28.2 Å². The molecule has 2 aromatic carbocycles. The van der Waals surface area contributed by atoms with Crippen LogP contribution in [0.15, 0.2) is 71.2 Å². The first-order valence-electron chi connectivity index (χ1n) is 7.33. The molecule has 0 spiro atoms. The van der Waals surface area contributed by atoms with Crippen molar-refractivity contribution in [3.8, 4) is 11.3 Å². The summed E-state index contributed by atoms with van der Waals surface area (Å²) in [5.41, 5.74) is 1.69. The van der Waals surface area contributed by atoms with Gasteiger partial charge in [0.05, 0.1) is 16.3 Å². The Balaban J connectivity index is 1.75. The fourth-order valence-corrected chi connectivity index (χ4v) is 4.30. The molecule has 0 atom stereocenters. The van der Waals surface area contributed by atoms with E-state index in [0.29, 0.717) is 16.9 Å². The van der Waals surface area contributed by atoms with Gasteiger partial charge in [-0.1, -0.05) is 24.3 Å². The number of anilines is 1. The van der Waals surface area contributed by atoms with E-state index in [1.165, 1.54) is 29.5 Å². The predicted molar refractivity (Wildman–Crippen MR) is 95.7 cm³/mol. The highest BCUT2D eigenvalue weighted by Crippen LogP contribution is 2.30. The lowest BCUT2D eigenvalue weighted by Crippen LogP contribution is -2.13. The maximum atomic E-state index is 13.4. The molecule has 0 amide bonds. The highest BCUT2D eigenvalue weighted by Gasteiger charge is 2.18. The topological polar surface area (TPSA) is 63.5 Å². The van der Waals surface area contributed by atoms with E-state index in [1.54, 1.807) is 18.2 Å². The Morgan fingerprint density at radius 1 is 1.12 bits per heavy atom. The van der Waals surface area contributed by atoms with Crippen LogP contribution in [0.5, 0.6) is 0 Å². The summed E-state index contributed by atoms with van der Waals surface area (Å²) in [6, 6.07) is 11.9. The Hall–Kier alpha value is -2.71. The van der Waals surface area contributed by atoms with Crippen molar-refractivity contribution in [3.05, 3.63) is 72.1 Å². The van der Waals surface area contributed by atoms with Crippen molar-refractivity contribution < 1.29 is 12.8 Å². The Morgan fingerprint density at radius 3 is 2.76 bits per heavy atom. The average molecular weight is 373 g/mol.